The predicted molar refractivity (Wildman–Crippen MR) is 120 cm³/mol. The molecule has 0 saturated heterocycles. The Bertz CT molecular complexity index is 379. The fraction of sp³-hybridized carbons (Fsp3) is 0.750. The van der Waals surface area contributed by atoms with Gasteiger partial charge in [-0.25, -0.2) is 0 Å². The minimum Gasteiger partial charge on any atom is -0.438 e. The van der Waals surface area contributed by atoms with Crippen LogP contribution < -0.4 is 0 Å². The second kappa shape index (κ2) is 19.2. The predicted octanol–water partition coefficient (Wildman–Crippen LogP) is 6.97. The first-order chi connectivity index (χ1) is 12.9. The molecule has 0 heterocycles. The number of benzene rings is 1. The summed E-state index contributed by atoms with van der Waals surface area (Å²) in [5.74, 6) is 0. The molecule has 0 amide bonds. The van der Waals surface area contributed by atoms with Gasteiger partial charge < -0.3 is 4.80 Å². The normalized spacial score (nSPS) is 11.6. The second-order valence-corrected chi connectivity index (χ2v) is 9.12. The van der Waals surface area contributed by atoms with Gasteiger partial charge in [-0.3, -0.25) is 0 Å². The van der Waals surface area contributed by atoms with Crippen LogP contribution >= 0.6 is 0 Å². The van der Waals surface area contributed by atoms with E-state index in [0.717, 1.165) is 6.04 Å². The van der Waals surface area contributed by atoms with E-state index in [-0.39, 0.29) is 0 Å². The van der Waals surface area contributed by atoms with Crippen LogP contribution in [-0.2, 0) is 6.42 Å². The second-order valence-electron chi connectivity index (χ2n) is 7.97. The summed E-state index contributed by atoms with van der Waals surface area (Å²) in [4.78, 5) is 8.87. The Morgan fingerprint density at radius 3 is 1.31 bits per heavy atom. The van der Waals surface area contributed by atoms with Crippen molar-refractivity contribution in [3.05, 3.63) is 35.9 Å². The van der Waals surface area contributed by atoms with Crippen molar-refractivity contribution in [1.82, 2.24) is 0 Å². The third-order valence-electron chi connectivity index (χ3n) is 5.47. The van der Waals surface area contributed by atoms with E-state index in [9.17, 15) is 0 Å². The van der Waals surface area contributed by atoms with Crippen LogP contribution in [0.15, 0.2) is 30.3 Å². The maximum atomic E-state index is 8.87. The van der Waals surface area contributed by atoms with E-state index < -0.39 is 9.76 Å². The van der Waals surface area contributed by atoms with Crippen molar-refractivity contribution in [3.63, 3.8) is 0 Å². The molecule has 1 aromatic carbocycles. The van der Waals surface area contributed by atoms with Crippen molar-refractivity contribution < 1.29 is 4.80 Å². The van der Waals surface area contributed by atoms with Crippen LogP contribution in [0, 0.1) is 0 Å². The van der Waals surface area contributed by atoms with E-state index in [4.69, 9.17) is 4.80 Å². The van der Waals surface area contributed by atoms with E-state index in [0.29, 0.717) is 0 Å². The summed E-state index contributed by atoms with van der Waals surface area (Å²) in [6, 6.07) is 12.0. The van der Waals surface area contributed by atoms with Gasteiger partial charge in [0.05, 0.1) is 0 Å². The molecule has 0 saturated carbocycles. The van der Waals surface area contributed by atoms with Crippen molar-refractivity contribution >= 4 is 9.76 Å². The van der Waals surface area contributed by atoms with Gasteiger partial charge in [0, 0.05) is 0 Å². The first-order valence-electron chi connectivity index (χ1n) is 11.6. The van der Waals surface area contributed by atoms with Crippen LogP contribution in [0.2, 0.25) is 6.04 Å². The summed E-state index contributed by atoms with van der Waals surface area (Å²) in [6.45, 7) is 0. The lowest BCUT2D eigenvalue weighted by atomic mass is 10.0. The lowest BCUT2D eigenvalue weighted by Crippen LogP contribution is -1.87. The van der Waals surface area contributed by atoms with Crippen molar-refractivity contribution in [1.29, 1.82) is 0 Å². The fourth-order valence-electron chi connectivity index (χ4n) is 3.74. The van der Waals surface area contributed by atoms with Gasteiger partial charge >= 0.3 is 0 Å². The Balaban J connectivity index is 1.68. The van der Waals surface area contributed by atoms with Crippen LogP contribution in [0.25, 0.3) is 0 Å². The average molecular weight is 377 g/mol. The van der Waals surface area contributed by atoms with Crippen molar-refractivity contribution in [2.75, 3.05) is 0 Å². The number of unbranched alkanes of at least 4 members (excludes halogenated alkanes) is 15. The van der Waals surface area contributed by atoms with Crippen molar-refractivity contribution in [2.24, 2.45) is 0 Å². The van der Waals surface area contributed by atoms with Crippen LogP contribution in [0.1, 0.15) is 108 Å². The van der Waals surface area contributed by atoms with Crippen LogP contribution in [0.5, 0.6) is 0 Å². The number of hydrogen-bond donors (Lipinski definition) is 1. The zero-order valence-electron chi connectivity index (χ0n) is 17.3. The molecule has 0 atom stereocenters. The van der Waals surface area contributed by atoms with Crippen LogP contribution in [0.4, 0.5) is 0 Å². The Kier molecular flexibility index (Phi) is 17.3. The van der Waals surface area contributed by atoms with Crippen LogP contribution in [-0.4, -0.2) is 14.6 Å². The monoisotopic (exact) mass is 376 g/mol. The largest absolute Gasteiger partial charge is 0.438 e. The Labute approximate surface area is 165 Å². The first kappa shape index (κ1) is 23.4. The molecular formula is C24H44OSi. The molecule has 0 radical (unpaired) electrons. The molecular weight excluding hydrogens is 332 g/mol. The zero-order chi connectivity index (χ0) is 18.5. The van der Waals surface area contributed by atoms with Gasteiger partial charge in [-0.15, -0.1) is 0 Å². The van der Waals surface area contributed by atoms with Gasteiger partial charge in [0.2, 0.25) is 0 Å². The topological polar surface area (TPSA) is 20.2 Å². The van der Waals surface area contributed by atoms with Crippen molar-refractivity contribution in [3.8, 4) is 0 Å². The molecule has 1 N–H and O–H groups in total. The smallest absolute Gasteiger partial charge is 0.156 e. The molecule has 1 nitrogen and oxygen atoms in total. The maximum Gasteiger partial charge on any atom is 0.156 e. The Morgan fingerprint density at radius 2 is 0.885 bits per heavy atom. The van der Waals surface area contributed by atoms with E-state index in [1.165, 1.54) is 115 Å². The minimum absolute atomic E-state index is 0.662. The minimum atomic E-state index is -0.662. The first-order valence-corrected chi connectivity index (χ1v) is 13.2. The third-order valence-corrected chi connectivity index (χ3v) is 6.28. The Morgan fingerprint density at radius 1 is 0.500 bits per heavy atom. The van der Waals surface area contributed by atoms with Gasteiger partial charge in [0.1, 0.15) is 0 Å². The zero-order valence-corrected chi connectivity index (χ0v) is 18.7. The Hall–Kier alpha value is -0.603. The molecule has 0 aliphatic carbocycles. The van der Waals surface area contributed by atoms with Crippen molar-refractivity contribution in [2.45, 2.75) is 115 Å². The van der Waals surface area contributed by atoms with Gasteiger partial charge in [-0.05, 0) is 24.4 Å². The summed E-state index contributed by atoms with van der Waals surface area (Å²) >= 11 is 0. The molecule has 150 valence electrons. The standard InChI is InChI=1S/C24H44OSi/c25-26-23-19-14-12-10-8-6-4-2-1-3-5-7-9-11-13-16-20-24-21-17-15-18-22-24/h15,17-18,21-22,25H,1-14,16,19-20,23,26H2. The molecule has 2 heteroatoms. The summed E-state index contributed by atoms with van der Waals surface area (Å²) in [5, 5.41) is 0. The quantitative estimate of drug-likeness (QED) is 0.204. The van der Waals surface area contributed by atoms with Gasteiger partial charge in [-0.2, -0.15) is 0 Å². The third kappa shape index (κ3) is 15.6. The number of aryl methyl sites for hydroxylation is 1. The molecule has 0 fully saturated rings. The van der Waals surface area contributed by atoms with Crippen LogP contribution in [0.3, 0.4) is 0 Å². The molecule has 1 rings (SSSR count). The summed E-state index contributed by atoms with van der Waals surface area (Å²) in [5.41, 5.74) is 1.50. The highest BCUT2D eigenvalue weighted by Gasteiger charge is 1.96. The molecule has 1 aromatic rings. The van der Waals surface area contributed by atoms with Gasteiger partial charge in [0.15, 0.2) is 9.76 Å². The molecule has 26 heavy (non-hydrogen) atoms. The molecule has 0 aromatic heterocycles. The average Bonchev–Trinajstić information content (AvgIpc) is 2.68. The van der Waals surface area contributed by atoms with Gasteiger partial charge in [-0.1, -0.05) is 127 Å². The van der Waals surface area contributed by atoms with Gasteiger partial charge in [0.25, 0.3) is 0 Å². The maximum absolute atomic E-state index is 8.87. The molecule has 0 unspecified atom stereocenters. The SMILES string of the molecule is O[SiH2]CCCCCCCCCCCCCCCCCCc1ccccc1. The molecule has 0 aliphatic heterocycles. The van der Waals surface area contributed by atoms with E-state index in [1.807, 2.05) is 0 Å². The van der Waals surface area contributed by atoms with E-state index in [1.54, 1.807) is 0 Å². The number of hydrogen-bond acceptors (Lipinski definition) is 1. The summed E-state index contributed by atoms with van der Waals surface area (Å²) in [6.07, 6.45) is 23.9. The highest BCUT2D eigenvalue weighted by molar-refractivity contribution is 6.25. The lowest BCUT2D eigenvalue weighted by molar-refractivity contribution is 0.528. The molecule has 0 bridgehead atoms. The molecule has 0 aliphatic rings. The molecule has 0 spiro atoms. The van der Waals surface area contributed by atoms with E-state index in [2.05, 4.69) is 30.3 Å². The lowest BCUT2D eigenvalue weighted by Gasteiger charge is -2.04. The summed E-state index contributed by atoms with van der Waals surface area (Å²) < 4.78 is 0. The highest BCUT2D eigenvalue weighted by Crippen LogP contribution is 2.14. The summed E-state index contributed by atoms with van der Waals surface area (Å²) in [7, 11) is -0.662. The fourth-order valence-corrected chi connectivity index (χ4v) is 4.31. The highest BCUT2D eigenvalue weighted by atomic mass is 28.2. The number of rotatable bonds is 19. The van der Waals surface area contributed by atoms with E-state index >= 15 is 0 Å².